The normalized spacial score (nSPS) is 15.1. The quantitative estimate of drug-likeness (QED) is 0.206. The maximum atomic E-state index is 14.3. The van der Waals surface area contributed by atoms with E-state index in [1.165, 1.54) is 12.0 Å². The maximum Gasteiger partial charge on any atom is 0.407 e. The van der Waals surface area contributed by atoms with Crippen LogP contribution in [0.4, 0.5) is 4.79 Å². The highest BCUT2D eigenvalue weighted by molar-refractivity contribution is 7.91. The summed E-state index contributed by atoms with van der Waals surface area (Å²) in [6.07, 6.45) is 3.93. The molecule has 45 heavy (non-hydrogen) atoms. The minimum atomic E-state index is -3.89. The maximum absolute atomic E-state index is 14.3. The molecule has 0 bridgehead atoms. The number of piperidine rings is 1. The fourth-order valence-electron chi connectivity index (χ4n) is 6.02. The molecule has 1 fully saturated rings. The van der Waals surface area contributed by atoms with Crippen molar-refractivity contribution < 1.29 is 27.8 Å². The zero-order valence-electron chi connectivity index (χ0n) is 25.6. The lowest BCUT2D eigenvalue weighted by molar-refractivity contribution is 0.124. The number of methoxy groups -OCH3 is 2. The molecule has 0 saturated carbocycles. The van der Waals surface area contributed by atoms with E-state index in [1.807, 2.05) is 36.9 Å². The molecule has 236 valence electrons. The van der Waals surface area contributed by atoms with Crippen LogP contribution in [0.5, 0.6) is 11.6 Å². The van der Waals surface area contributed by atoms with Crippen LogP contribution in [-0.2, 0) is 16.9 Å². The number of carbonyl (C=O) groups is 1. The number of carboxylic acid groups (broad SMARTS) is 1. The monoisotopic (exact) mass is 632 g/mol. The molecule has 1 amide bonds. The number of hydrogen-bond donors (Lipinski definition) is 3. The summed E-state index contributed by atoms with van der Waals surface area (Å²) >= 11 is 0. The summed E-state index contributed by atoms with van der Waals surface area (Å²) in [5, 5.41) is 12.3. The largest absolute Gasteiger partial charge is 0.491 e. The van der Waals surface area contributed by atoms with Crippen molar-refractivity contribution in [2.75, 3.05) is 33.9 Å². The first-order chi connectivity index (χ1) is 21.6. The summed E-state index contributed by atoms with van der Waals surface area (Å²) in [4.78, 5) is 25.7. The highest BCUT2D eigenvalue weighted by Gasteiger charge is 2.33. The molecule has 6 rings (SSSR count). The molecule has 0 radical (unpaired) electrons. The van der Waals surface area contributed by atoms with Gasteiger partial charge in [-0.25, -0.2) is 23.2 Å². The molecule has 0 aliphatic carbocycles. The number of aromatic amines is 1. The second-order valence-corrected chi connectivity index (χ2v) is 13.5. The fourth-order valence-corrected chi connectivity index (χ4v) is 7.67. The Morgan fingerprint density at radius 2 is 1.87 bits per heavy atom. The molecule has 5 heterocycles. The Balaban J connectivity index is 1.42. The number of sulfone groups is 1. The summed E-state index contributed by atoms with van der Waals surface area (Å²) in [7, 11) is 1.12. The molecule has 1 aliphatic heterocycles. The van der Waals surface area contributed by atoms with Crippen LogP contribution in [0.3, 0.4) is 0 Å². The lowest BCUT2D eigenvalue weighted by Crippen LogP contribution is -2.41. The fraction of sp³-hybridized carbons (Fsp3) is 0.344. The minimum absolute atomic E-state index is 0.129. The average molecular weight is 633 g/mol. The molecule has 1 aromatic carbocycles. The van der Waals surface area contributed by atoms with E-state index in [4.69, 9.17) is 14.5 Å². The highest BCUT2D eigenvalue weighted by Crippen LogP contribution is 2.38. The third-order valence-corrected chi connectivity index (χ3v) is 10.6. The van der Waals surface area contributed by atoms with Gasteiger partial charge < -0.3 is 29.0 Å². The van der Waals surface area contributed by atoms with E-state index in [2.05, 4.69) is 15.3 Å². The Labute approximate surface area is 260 Å². The van der Waals surface area contributed by atoms with Gasteiger partial charge in [-0.15, -0.1) is 0 Å². The highest BCUT2D eigenvalue weighted by atomic mass is 32.2. The van der Waals surface area contributed by atoms with Crippen LogP contribution in [0.15, 0.2) is 59.8 Å². The van der Waals surface area contributed by atoms with Gasteiger partial charge >= 0.3 is 6.09 Å². The number of rotatable bonds is 9. The Bertz CT molecular complexity index is 1980. The Morgan fingerprint density at radius 3 is 2.53 bits per heavy atom. The van der Waals surface area contributed by atoms with Crippen molar-refractivity contribution in [1.82, 2.24) is 29.7 Å². The van der Waals surface area contributed by atoms with E-state index < -0.39 is 21.3 Å². The van der Waals surface area contributed by atoms with Gasteiger partial charge in [0.2, 0.25) is 0 Å². The van der Waals surface area contributed by atoms with E-state index in [0.29, 0.717) is 66.2 Å². The van der Waals surface area contributed by atoms with Gasteiger partial charge in [0.1, 0.15) is 16.5 Å². The van der Waals surface area contributed by atoms with Gasteiger partial charge in [0.25, 0.3) is 5.88 Å². The molecule has 1 unspecified atom stereocenters. The van der Waals surface area contributed by atoms with Gasteiger partial charge in [-0.2, -0.15) is 0 Å². The number of nitrogens with one attached hydrogen (secondary N) is 2. The van der Waals surface area contributed by atoms with Gasteiger partial charge in [-0.3, -0.25) is 5.32 Å². The first-order valence-corrected chi connectivity index (χ1v) is 16.2. The number of amides is 1. The standard InChI is InChI=1S/C32H36N6O6S/c1-19-5-7-21(8-6-19)45(41,42)31(34-17-20-10-13-38(14-11-20)32(39)40)22-9-12-33-29-23(22)15-25(35-29)24-18-37(2)26-16-27(43-3)30(44-4)36-28(24)26/h5-9,12,15-16,18,20,31,34H,10-11,13-14,17H2,1-4H3,(H,33,35)(H,39,40). The topological polar surface area (TPSA) is 152 Å². The SMILES string of the molecule is COc1cc2c(nc1OC)c(-c1cc3c(C(NCC4CCN(C(=O)O)CC4)S(=O)(=O)c4ccc(C)cc4)ccnc3[nH]1)cn2C. The van der Waals surface area contributed by atoms with Gasteiger partial charge in [0.05, 0.1) is 30.3 Å². The number of aromatic nitrogens is 4. The first-order valence-electron chi connectivity index (χ1n) is 14.7. The van der Waals surface area contributed by atoms with E-state index in [-0.39, 0.29) is 10.8 Å². The molecule has 3 N–H and O–H groups in total. The number of benzene rings is 1. The number of hydrogen-bond acceptors (Lipinski definition) is 8. The van der Waals surface area contributed by atoms with Gasteiger partial charge in [-0.05, 0) is 62.1 Å². The van der Waals surface area contributed by atoms with Crippen LogP contribution in [0, 0.1) is 12.8 Å². The van der Waals surface area contributed by atoms with Crippen LogP contribution < -0.4 is 14.8 Å². The molecule has 12 nitrogen and oxygen atoms in total. The lowest BCUT2D eigenvalue weighted by atomic mass is 9.97. The molecule has 1 saturated heterocycles. The number of pyridine rings is 2. The number of ether oxygens (including phenoxy) is 2. The lowest BCUT2D eigenvalue weighted by Gasteiger charge is -2.31. The molecule has 1 aliphatic rings. The zero-order valence-corrected chi connectivity index (χ0v) is 26.4. The summed E-state index contributed by atoms with van der Waals surface area (Å²) in [5.74, 6) is 1.00. The molecule has 4 aromatic heterocycles. The van der Waals surface area contributed by atoms with Crippen LogP contribution in [0.1, 0.15) is 29.3 Å². The minimum Gasteiger partial charge on any atom is -0.491 e. The average Bonchev–Trinajstić information content (AvgIpc) is 3.61. The molecule has 1 atom stereocenters. The van der Waals surface area contributed by atoms with Crippen LogP contribution in [0.25, 0.3) is 33.3 Å². The van der Waals surface area contributed by atoms with E-state index in [1.54, 1.807) is 43.6 Å². The Kier molecular flexibility index (Phi) is 8.14. The number of H-pyrrole nitrogens is 1. The molecular formula is C32H36N6O6S. The third kappa shape index (κ3) is 5.69. The second kappa shape index (κ2) is 12.1. The number of likely N-dealkylation sites (tertiary alicyclic amines) is 1. The van der Waals surface area contributed by atoms with Crippen molar-refractivity contribution in [2.45, 2.75) is 30.0 Å². The van der Waals surface area contributed by atoms with Gasteiger partial charge in [0.15, 0.2) is 15.6 Å². The number of nitrogens with zero attached hydrogens (tertiary/aromatic N) is 4. The molecule has 13 heteroatoms. The van der Waals surface area contributed by atoms with Crippen molar-refractivity contribution in [3.05, 3.63) is 66.0 Å². The number of aryl methyl sites for hydroxylation is 2. The van der Waals surface area contributed by atoms with E-state index in [0.717, 1.165) is 22.3 Å². The van der Waals surface area contributed by atoms with E-state index in [9.17, 15) is 18.3 Å². The van der Waals surface area contributed by atoms with Crippen LogP contribution in [0.2, 0.25) is 0 Å². The van der Waals surface area contributed by atoms with Crippen molar-refractivity contribution in [1.29, 1.82) is 0 Å². The van der Waals surface area contributed by atoms with Crippen LogP contribution >= 0.6 is 0 Å². The smallest absolute Gasteiger partial charge is 0.407 e. The second-order valence-electron chi connectivity index (χ2n) is 11.4. The first kappa shape index (κ1) is 30.4. The number of fused-ring (bicyclic) bond motifs is 2. The van der Waals surface area contributed by atoms with Crippen molar-refractivity contribution in [3.63, 3.8) is 0 Å². The molecule has 0 spiro atoms. The summed E-state index contributed by atoms with van der Waals surface area (Å²) in [6, 6.07) is 12.4. The Hall–Kier alpha value is -4.62. The van der Waals surface area contributed by atoms with Crippen molar-refractivity contribution in [2.24, 2.45) is 13.0 Å². The van der Waals surface area contributed by atoms with E-state index >= 15 is 0 Å². The zero-order chi connectivity index (χ0) is 31.9. The van der Waals surface area contributed by atoms with Gasteiger partial charge in [0, 0.05) is 49.5 Å². The third-order valence-electron chi connectivity index (χ3n) is 8.58. The summed E-state index contributed by atoms with van der Waals surface area (Å²) in [6.45, 7) is 3.18. The predicted octanol–water partition coefficient (Wildman–Crippen LogP) is 4.89. The molecule has 5 aromatic rings. The Morgan fingerprint density at radius 1 is 1.13 bits per heavy atom. The predicted molar refractivity (Wildman–Crippen MR) is 170 cm³/mol. The van der Waals surface area contributed by atoms with Crippen LogP contribution in [-0.4, -0.2) is 77.9 Å². The molecular weight excluding hydrogens is 596 g/mol. The summed E-state index contributed by atoms with van der Waals surface area (Å²) in [5.41, 5.74) is 5.13. The van der Waals surface area contributed by atoms with Gasteiger partial charge in [-0.1, -0.05) is 17.7 Å². The van der Waals surface area contributed by atoms with Crippen molar-refractivity contribution >= 4 is 38.0 Å². The summed E-state index contributed by atoms with van der Waals surface area (Å²) < 4.78 is 41.4. The van der Waals surface area contributed by atoms with Crippen molar-refractivity contribution in [3.8, 4) is 22.9 Å².